The van der Waals surface area contributed by atoms with Gasteiger partial charge in [0.25, 0.3) is 0 Å². The van der Waals surface area contributed by atoms with Gasteiger partial charge in [-0.05, 0) is 43.5 Å². The topological polar surface area (TPSA) is 37.5 Å². The first kappa shape index (κ1) is 18.6. The van der Waals surface area contributed by atoms with Gasteiger partial charge in [-0.2, -0.15) is 0 Å². The molecule has 4 heteroatoms. The fourth-order valence-electron chi connectivity index (χ4n) is 5.51. The van der Waals surface area contributed by atoms with Gasteiger partial charge in [-0.3, -0.25) is 4.90 Å². The van der Waals surface area contributed by atoms with E-state index >= 15 is 0 Å². The summed E-state index contributed by atoms with van der Waals surface area (Å²) >= 11 is 0. The lowest BCUT2D eigenvalue weighted by atomic mass is 9.75. The molecule has 4 nitrogen and oxygen atoms in total. The van der Waals surface area contributed by atoms with E-state index < -0.39 is 0 Å². The summed E-state index contributed by atoms with van der Waals surface area (Å²) in [4.78, 5) is 6.41. The number of ether oxygens (including phenoxy) is 2. The molecule has 1 aromatic heterocycles. The predicted molar refractivity (Wildman–Crippen MR) is 117 cm³/mol. The molecular weight excluding hydrogens is 360 g/mol. The molecule has 0 saturated heterocycles. The third kappa shape index (κ3) is 3.20. The Bertz CT molecular complexity index is 1040. The number of nitrogens with one attached hydrogen (secondary N) is 1. The van der Waals surface area contributed by atoms with Crippen molar-refractivity contribution in [1.82, 2.24) is 9.88 Å². The van der Waals surface area contributed by atoms with Crippen molar-refractivity contribution in [2.75, 3.05) is 14.2 Å². The zero-order chi connectivity index (χ0) is 20.0. The summed E-state index contributed by atoms with van der Waals surface area (Å²) in [5, 5.41) is 1.44. The van der Waals surface area contributed by atoms with Crippen LogP contribution in [-0.4, -0.2) is 30.1 Å². The van der Waals surface area contributed by atoms with Gasteiger partial charge in [0, 0.05) is 53.3 Å². The van der Waals surface area contributed by atoms with E-state index in [2.05, 4.69) is 41.1 Å². The summed E-state index contributed by atoms with van der Waals surface area (Å²) in [5.74, 6) is 2.37. The van der Waals surface area contributed by atoms with Gasteiger partial charge in [-0.15, -0.1) is 0 Å². The van der Waals surface area contributed by atoms with Crippen molar-refractivity contribution >= 4 is 10.9 Å². The van der Waals surface area contributed by atoms with E-state index in [4.69, 9.17) is 9.47 Å². The number of aryl methyl sites for hydroxylation is 1. The molecule has 1 saturated carbocycles. The molecule has 2 unspecified atom stereocenters. The van der Waals surface area contributed by atoms with Crippen molar-refractivity contribution < 1.29 is 9.47 Å². The third-order valence-electron chi connectivity index (χ3n) is 6.87. The van der Waals surface area contributed by atoms with Gasteiger partial charge in [0.2, 0.25) is 0 Å². The highest BCUT2D eigenvalue weighted by molar-refractivity contribution is 5.86. The average molecular weight is 391 g/mol. The van der Waals surface area contributed by atoms with E-state index in [1.807, 2.05) is 12.1 Å². The molecule has 1 N–H and O–H groups in total. The van der Waals surface area contributed by atoms with Crippen molar-refractivity contribution in [1.29, 1.82) is 0 Å². The van der Waals surface area contributed by atoms with Crippen LogP contribution in [0.25, 0.3) is 10.9 Å². The fraction of sp³-hybridized carbons (Fsp3) is 0.440. The number of fused-ring (bicyclic) bond motifs is 5. The molecule has 2 atom stereocenters. The highest BCUT2D eigenvalue weighted by atomic mass is 16.5. The molecule has 5 rings (SSSR count). The first-order chi connectivity index (χ1) is 14.2. The van der Waals surface area contributed by atoms with Crippen LogP contribution in [0.1, 0.15) is 54.0 Å². The van der Waals surface area contributed by atoms with Crippen LogP contribution in [0.3, 0.4) is 0 Å². The molecule has 1 aliphatic carbocycles. The maximum absolute atomic E-state index is 5.68. The molecule has 29 heavy (non-hydrogen) atoms. The summed E-state index contributed by atoms with van der Waals surface area (Å²) in [5.41, 5.74) is 6.85. The number of methoxy groups -OCH3 is 2. The minimum absolute atomic E-state index is 0.600. The minimum Gasteiger partial charge on any atom is -0.497 e. The molecule has 152 valence electrons. The summed E-state index contributed by atoms with van der Waals surface area (Å²) in [6, 6.07) is 13.6. The molecular formula is C25H30N2O2. The van der Waals surface area contributed by atoms with Crippen LogP contribution in [0.2, 0.25) is 0 Å². The number of rotatable bonds is 4. The Balaban J connectivity index is 1.53. The summed E-state index contributed by atoms with van der Waals surface area (Å²) in [6.07, 6.45) is 5.22. The highest BCUT2D eigenvalue weighted by Gasteiger charge is 2.38. The normalized spacial score (nSPS) is 21.6. The van der Waals surface area contributed by atoms with E-state index in [-0.39, 0.29) is 0 Å². The van der Waals surface area contributed by atoms with Gasteiger partial charge in [0.1, 0.15) is 11.5 Å². The largest absolute Gasteiger partial charge is 0.497 e. The molecule has 0 amide bonds. The van der Waals surface area contributed by atoms with Gasteiger partial charge in [0.15, 0.2) is 0 Å². The van der Waals surface area contributed by atoms with Gasteiger partial charge < -0.3 is 14.5 Å². The predicted octanol–water partition coefficient (Wildman–Crippen LogP) is 5.54. The third-order valence-corrected chi connectivity index (χ3v) is 6.87. The van der Waals surface area contributed by atoms with Crippen molar-refractivity contribution in [2.24, 2.45) is 0 Å². The molecule has 2 heterocycles. The standard InChI is InChI=1S/C25H30N2O2/c1-16-8-11-21-20(12-16)25-19-6-4-5-7-23(19)27(15-22(25)26-21)14-17-9-10-18(28-2)13-24(17)29-3/h8-13,19,23,26H,4-7,14-15H2,1-3H3. The maximum atomic E-state index is 5.68. The average Bonchev–Trinajstić information content (AvgIpc) is 3.11. The smallest absolute Gasteiger partial charge is 0.127 e. The van der Waals surface area contributed by atoms with Gasteiger partial charge in [-0.25, -0.2) is 0 Å². The first-order valence-corrected chi connectivity index (χ1v) is 10.7. The van der Waals surface area contributed by atoms with Crippen LogP contribution in [0, 0.1) is 6.92 Å². The van der Waals surface area contributed by atoms with Crippen molar-refractivity contribution in [2.45, 2.75) is 57.7 Å². The van der Waals surface area contributed by atoms with Crippen molar-refractivity contribution in [3.05, 3.63) is 58.8 Å². The Morgan fingerprint density at radius 3 is 2.72 bits per heavy atom. The van der Waals surface area contributed by atoms with Crippen molar-refractivity contribution in [3.8, 4) is 11.5 Å². The number of H-pyrrole nitrogens is 1. The second kappa shape index (κ2) is 7.42. The van der Waals surface area contributed by atoms with Crippen LogP contribution in [0.5, 0.6) is 11.5 Å². The molecule has 0 bridgehead atoms. The molecule has 0 spiro atoms. The van der Waals surface area contributed by atoms with Crippen LogP contribution >= 0.6 is 0 Å². The van der Waals surface area contributed by atoms with E-state index in [9.17, 15) is 0 Å². The summed E-state index contributed by atoms with van der Waals surface area (Å²) in [7, 11) is 3.45. The number of benzene rings is 2. The SMILES string of the molecule is COc1ccc(CN2Cc3[nH]c4ccc(C)cc4c3C3CCCCC32)c(OC)c1. The molecule has 2 aromatic carbocycles. The lowest BCUT2D eigenvalue weighted by Gasteiger charge is -2.44. The number of aromatic nitrogens is 1. The van der Waals surface area contributed by atoms with E-state index in [1.165, 1.54) is 53.4 Å². The monoisotopic (exact) mass is 390 g/mol. The first-order valence-electron chi connectivity index (χ1n) is 10.7. The lowest BCUT2D eigenvalue weighted by molar-refractivity contribution is 0.103. The van der Waals surface area contributed by atoms with Gasteiger partial charge >= 0.3 is 0 Å². The maximum Gasteiger partial charge on any atom is 0.127 e. The molecule has 3 aromatic rings. The molecule has 2 aliphatic rings. The number of hydrogen-bond acceptors (Lipinski definition) is 3. The van der Waals surface area contributed by atoms with Crippen LogP contribution in [0.4, 0.5) is 0 Å². The zero-order valence-corrected chi connectivity index (χ0v) is 17.6. The summed E-state index contributed by atoms with van der Waals surface area (Å²) < 4.78 is 11.1. The minimum atomic E-state index is 0.600. The Kier molecular flexibility index (Phi) is 4.75. The Hall–Kier alpha value is -2.46. The van der Waals surface area contributed by atoms with Gasteiger partial charge in [-0.1, -0.05) is 30.5 Å². The van der Waals surface area contributed by atoms with E-state index in [0.29, 0.717) is 12.0 Å². The second-order valence-electron chi connectivity index (χ2n) is 8.61. The number of hydrogen-bond donors (Lipinski definition) is 1. The van der Waals surface area contributed by atoms with E-state index in [1.54, 1.807) is 19.8 Å². The Morgan fingerprint density at radius 1 is 1.03 bits per heavy atom. The zero-order valence-electron chi connectivity index (χ0n) is 17.6. The van der Waals surface area contributed by atoms with Crippen LogP contribution < -0.4 is 9.47 Å². The fourth-order valence-corrected chi connectivity index (χ4v) is 5.51. The summed E-state index contributed by atoms with van der Waals surface area (Å²) in [6.45, 7) is 4.07. The highest BCUT2D eigenvalue weighted by Crippen LogP contribution is 2.46. The van der Waals surface area contributed by atoms with Crippen molar-refractivity contribution in [3.63, 3.8) is 0 Å². The second-order valence-corrected chi connectivity index (χ2v) is 8.61. The van der Waals surface area contributed by atoms with Crippen LogP contribution in [-0.2, 0) is 13.1 Å². The quantitative estimate of drug-likeness (QED) is 0.636. The van der Waals surface area contributed by atoms with E-state index in [0.717, 1.165) is 24.6 Å². The van der Waals surface area contributed by atoms with Crippen LogP contribution in [0.15, 0.2) is 36.4 Å². The molecule has 1 aliphatic heterocycles. The number of nitrogens with zero attached hydrogens (tertiary/aromatic N) is 1. The Labute approximate surface area is 172 Å². The lowest BCUT2D eigenvalue weighted by Crippen LogP contribution is -2.44. The molecule has 0 radical (unpaired) electrons. The Morgan fingerprint density at radius 2 is 1.90 bits per heavy atom. The van der Waals surface area contributed by atoms with Gasteiger partial charge in [0.05, 0.1) is 14.2 Å². The molecule has 1 fully saturated rings. The number of aromatic amines is 1.